The third kappa shape index (κ3) is 2.19. The van der Waals surface area contributed by atoms with Crippen LogP contribution >= 0.6 is 15.9 Å². The lowest BCUT2D eigenvalue weighted by atomic mass is 10.1. The van der Waals surface area contributed by atoms with E-state index in [1.165, 1.54) is 6.07 Å². The average molecular weight is 267 g/mol. The molecular formula is C8H9BrF2N2O. The van der Waals surface area contributed by atoms with E-state index in [2.05, 4.69) is 20.9 Å². The fourth-order valence-electron chi connectivity index (χ4n) is 1.08. The number of aromatic nitrogens is 1. The molecule has 0 atom stereocenters. The molecule has 0 saturated carbocycles. The Morgan fingerprint density at radius 2 is 2.21 bits per heavy atom. The minimum absolute atomic E-state index is 0.155. The van der Waals surface area contributed by atoms with Crippen molar-refractivity contribution in [2.75, 3.05) is 5.73 Å². The molecule has 0 radical (unpaired) electrons. The quantitative estimate of drug-likeness (QED) is 0.823. The molecule has 0 aliphatic rings. The molecule has 0 saturated heterocycles. The number of nitrogens with zero attached hydrogens (tertiary/aromatic N) is 1. The SMILES string of the molecule is Nc1cc(CO)nc(C(F)F)c1CBr. The molecule has 0 spiro atoms. The van der Waals surface area contributed by atoms with Crippen LogP contribution in [-0.2, 0) is 11.9 Å². The maximum absolute atomic E-state index is 12.5. The van der Waals surface area contributed by atoms with Gasteiger partial charge in [0.1, 0.15) is 5.69 Å². The first-order valence-corrected chi connectivity index (χ1v) is 4.95. The van der Waals surface area contributed by atoms with E-state index in [4.69, 9.17) is 10.8 Å². The van der Waals surface area contributed by atoms with Crippen LogP contribution in [-0.4, -0.2) is 10.1 Å². The van der Waals surface area contributed by atoms with E-state index in [-0.39, 0.29) is 28.0 Å². The van der Waals surface area contributed by atoms with Gasteiger partial charge in [0.25, 0.3) is 6.43 Å². The normalized spacial score (nSPS) is 10.9. The minimum atomic E-state index is -2.68. The predicted molar refractivity (Wildman–Crippen MR) is 52.2 cm³/mol. The summed E-state index contributed by atoms with van der Waals surface area (Å²) in [5.41, 5.74) is 5.81. The Balaban J connectivity index is 3.28. The van der Waals surface area contributed by atoms with Crippen LogP contribution in [0.1, 0.15) is 23.4 Å². The first-order chi connectivity index (χ1) is 6.60. The highest BCUT2D eigenvalue weighted by molar-refractivity contribution is 9.08. The second kappa shape index (κ2) is 4.65. The zero-order valence-corrected chi connectivity index (χ0v) is 8.76. The summed E-state index contributed by atoms with van der Waals surface area (Å²) in [4.78, 5) is 3.61. The molecule has 0 aliphatic heterocycles. The number of hydrogen-bond donors (Lipinski definition) is 2. The maximum atomic E-state index is 12.5. The summed E-state index contributed by atoms with van der Waals surface area (Å²) < 4.78 is 25.0. The van der Waals surface area contributed by atoms with Gasteiger partial charge in [-0.15, -0.1) is 0 Å². The van der Waals surface area contributed by atoms with E-state index >= 15 is 0 Å². The Morgan fingerprint density at radius 3 is 2.64 bits per heavy atom. The van der Waals surface area contributed by atoms with Crippen LogP contribution in [0.2, 0.25) is 0 Å². The molecule has 0 aromatic carbocycles. The second-order valence-electron chi connectivity index (χ2n) is 2.66. The van der Waals surface area contributed by atoms with Crippen LogP contribution in [0.25, 0.3) is 0 Å². The zero-order valence-electron chi connectivity index (χ0n) is 7.17. The van der Waals surface area contributed by atoms with Gasteiger partial charge in [0.15, 0.2) is 0 Å². The van der Waals surface area contributed by atoms with Gasteiger partial charge in [-0.2, -0.15) is 0 Å². The molecule has 1 rings (SSSR count). The van der Waals surface area contributed by atoms with E-state index in [1.54, 1.807) is 0 Å². The Labute approximate surface area is 88.1 Å². The Hall–Kier alpha value is -0.750. The fourth-order valence-corrected chi connectivity index (χ4v) is 1.69. The van der Waals surface area contributed by atoms with Gasteiger partial charge < -0.3 is 10.8 Å². The number of pyridine rings is 1. The highest BCUT2D eigenvalue weighted by Crippen LogP contribution is 2.27. The molecule has 0 amide bonds. The number of anilines is 1. The molecular weight excluding hydrogens is 258 g/mol. The Morgan fingerprint density at radius 1 is 1.57 bits per heavy atom. The molecule has 1 aromatic heterocycles. The lowest BCUT2D eigenvalue weighted by molar-refractivity contribution is 0.144. The van der Waals surface area contributed by atoms with E-state index in [9.17, 15) is 8.78 Å². The molecule has 1 heterocycles. The van der Waals surface area contributed by atoms with Crippen molar-refractivity contribution in [3.05, 3.63) is 23.0 Å². The highest BCUT2D eigenvalue weighted by Gasteiger charge is 2.17. The van der Waals surface area contributed by atoms with Gasteiger partial charge in [-0.25, -0.2) is 13.8 Å². The van der Waals surface area contributed by atoms with Crippen molar-refractivity contribution in [1.29, 1.82) is 0 Å². The van der Waals surface area contributed by atoms with E-state index in [0.717, 1.165) is 0 Å². The van der Waals surface area contributed by atoms with Crippen molar-refractivity contribution < 1.29 is 13.9 Å². The molecule has 1 aromatic rings. The van der Waals surface area contributed by atoms with Crippen LogP contribution in [0.15, 0.2) is 6.07 Å². The first kappa shape index (κ1) is 11.3. The van der Waals surface area contributed by atoms with Gasteiger partial charge in [-0.05, 0) is 6.07 Å². The van der Waals surface area contributed by atoms with E-state index in [1.807, 2.05) is 0 Å². The van der Waals surface area contributed by atoms with Crippen molar-refractivity contribution in [2.24, 2.45) is 0 Å². The molecule has 0 bridgehead atoms. The maximum Gasteiger partial charge on any atom is 0.280 e. The second-order valence-corrected chi connectivity index (χ2v) is 3.22. The largest absolute Gasteiger partial charge is 0.398 e. The molecule has 78 valence electrons. The summed E-state index contributed by atoms with van der Waals surface area (Å²) in [6.45, 7) is -0.396. The molecule has 0 unspecified atom stereocenters. The zero-order chi connectivity index (χ0) is 10.7. The molecule has 6 heteroatoms. The first-order valence-electron chi connectivity index (χ1n) is 3.83. The summed E-state index contributed by atoms with van der Waals surface area (Å²) in [5, 5.41) is 8.98. The number of aliphatic hydroxyl groups excluding tert-OH is 1. The summed E-state index contributed by atoms with van der Waals surface area (Å²) >= 11 is 3.06. The van der Waals surface area contributed by atoms with Crippen LogP contribution in [0.5, 0.6) is 0 Å². The lowest BCUT2D eigenvalue weighted by Crippen LogP contribution is -2.05. The van der Waals surface area contributed by atoms with Crippen molar-refractivity contribution in [3.63, 3.8) is 0 Å². The van der Waals surface area contributed by atoms with Crippen LogP contribution in [0.4, 0.5) is 14.5 Å². The third-order valence-corrected chi connectivity index (χ3v) is 2.31. The van der Waals surface area contributed by atoms with Crippen molar-refractivity contribution in [3.8, 4) is 0 Å². The van der Waals surface area contributed by atoms with Gasteiger partial charge in [-0.3, -0.25) is 0 Å². The number of alkyl halides is 3. The minimum Gasteiger partial charge on any atom is -0.398 e. The van der Waals surface area contributed by atoms with Crippen molar-refractivity contribution in [1.82, 2.24) is 4.98 Å². The molecule has 3 N–H and O–H groups in total. The average Bonchev–Trinajstić information content (AvgIpc) is 2.16. The lowest BCUT2D eigenvalue weighted by Gasteiger charge is -2.10. The monoisotopic (exact) mass is 266 g/mol. The number of rotatable bonds is 3. The standard InChI is InChI=1S/C8H9BrF2N2O/c9-2-5-6(12)1-4(3-14)13-7(5)8(10)11/h1,8,14H,2-3H2,(H2,12,13). The topological polar surface area (TPSA) is 59.1 Å². The smallest absolute Gasteiger partial charge is 0.280 e. The van der Waals surface area contributed by atoms with Gasteiger partial charge in [0, 0.05) is 16.6 Å². The summed E-state index contributed by atoms with van der Waals surface area (Å²) in [5.74, 6) is 0. The van der Waals surface area contributed by atoms with E-state index < -0.39 is 13.0 Å². The Kier molecular flexibility index (Phi) is 3.77. The van der Waals surface area contributed by atoms with Gasteiger partial charge in [-0.1, -0.05) is 15.9 Å². The number of hydrogen-bond acceptors (Lipinski definition) is 3. The van der Waals surface area contributed by atoms with Gasteiger partial charge in [0.05, 0.1) is 12.3 Å². The van der Waals surface area contributed by atoms with E-state index in [0.29, 0.717) is 0 Å². The third-order valence-electron chi connectivity index (χ3n) is 1.75. The predicted octanol–water partition coefficient (Wildman–Crippen LogP) is 1.99. The number of nitrogen functional groups attached to an aromatic ring is 1. The van der Waals surface area contributed by atoms with Crippen LogP contribution < -0.4 is 5.73 Å². The van der Waals surface area contributed by atoms with Crippen LogP contribution in [0.3, 0.4) is 0 Å². The van der Waals surface area contributed by atoms with Crippen LogP contribution in [0, 0.1) is 0 Å². The highest BCUT2D eigenvalue weighted by atomic mass is 79.9. The Bertz CT molecular complexity index is 333. The number of halogens is 3. The fraction of sp³-hybridized carbons (Fsp3) is 0.375. The summed E-state index contributed by atoms with van der Waals surface area (Å²) in [7, 11) is 0. The van der Waals surface area contributed by atoms with Gasteiger partial charge >= 0.3 is 0 Å². The summed E-state index contributed by atoms with van der Waals surface area (Å²) in [6.07, 6.45) is -2.68. The molecule has 0 aliphatic carbocycles. The van der Waals surface area contributed by atoms with Crippen molar-refractivity contribution >= 4 is 21.6 Å². The summed E-state index contributed by atoms with van der Waals surface area (Å²) in [6, 6.07) is 1.39. The number of aliphatic hydroxyl groups is 1. The van der Waals surface area contributed by atoms with Crippen molar-refractivity contribution in [2.45, 2.75) is 18.4 Å². The van der Waals surface area contributed by atoms with Gasteiger partial charge in [0.2, 0.25) is 0 Å². The molecule has 0 fully saturated rings. The number of nitrogens with two attached hydrogens (primary N) is 1. The molecule has 14 heavy (non-hydrogen) atoms. The molecule has 3 nitrogen and oxygen atoms in total.